The summed E-state index contributed by atoms with van der Waals surface area (Å²) >= 11 is 0. The van der Waals surface area contributed by atoms with E-state index in [1.54, 1.807) is 19.9 Å². The predicted octanol–water partition coefficient (Wildman–Crippen LogP) is 2.40. The second kappa shape index (κ2) is 9.87. The number of benzene rings is 1. The molecule has 1 saturated heterocycles. The number of dihydropyridines is 2. The lowest BCUT2D eigenvalue weighted by atomic mass is 9.89. The molecule has 0 bridgehead atoms. The summed E-state index contributed by atoms with van der Waals surface area (Å²) in [5.41, 5.74) is 12.4. The van der Waals surface area contributed by atoms with Crippen molar-refractivity contribution in [1.29, 1.82) is 0 Å². The highest BCUT2D eigenvalue weighted by atomic mass is 16.7. The summed E-state index contributed by atoms with van der Waals surface area (Å²) in [5, 5.41) is 17.4. The molecule has 1 fully saturated rings. The molecule has 5 heterocycles. The molecular weight excluding hydrogens is 540 g/mol. The summed E-state index contributed by atoms with van der Waals surface area (Å²) in [6.45, 7) is 7.66. The fraction of sp³-hybridized carbons (Fsp3) is 0.419. The highest BCUT2D eigenvalue weighted by Gasteiger charge is 2.60. The number of carbonyl (C=O) groups is 1. The van der Waals surface area contributed by atoms with Crippen LogP contribution in [0.15, 0.2) is 68.4 Å². The van der Waals surface area contributed by atoms with Crippen LogP contribution < -0.4 is 32.3 Å². The quantitative estimate of drug-likeness (QED) is 0.252. The van der Waals surface area contributed by atoms with Crippen molar-refractivity contribution in [3.63, 3.8) is 0 Å². The maximum Gasteiger partial charge on any atom is 0.341 e. The molecule has 4 aliphatic rings. The molecule has 222 valence electrons. The van der Waals surface area contributed by atoms with Crippen LogP contribution in [0.1, 0.15) is 44.9 Å². The molecule has 1 aromatic heterocycles. The number of phenolic OH excluding ortho intramolecular Hbond substituents is 1. The lowest BCUT2D eigenvalue weighted by Crippen LogP contribution is -2.50. The number of fused-ring (bicyclic) bond motifs is 2. The third kappa shape index (κ3) is 4.98. The smallest absolute Gasteiger partial charge is 0.341 e. The second-order valence-corrected chi connectivity index (χ2v) is 12.0. The number of allylic oxidation sites excluding steroid dienone is 2. The van der Waals surface area contributed by atoms with Gasteiger partial charge in [-0.3, -0.25) is 4.79 Å². The van der Waals surface area contributed by atoms with Crippen LogP contribution in [0.25, 0.3) is 11.0 Å². The molecule has 0 amide bonds. The molecule has 7 N–H and O–H groups in total. The minimum absolute atomic E-state index is 0.0744. The number of nitrogens with two attached hydrogens (primary N) is 2. The maximum absolute atomic E-state index is 13.4. The van der Waals surface area contributed by atoms with Crippen LogP contribution in [-0.4, -0.2) is 47.1 Å². The molecule has 2 aromatic rings. The number of rotatable bonds is 6. The average Bonchev–Trinajstić information content (AvgIpc) is 3.58. The number of nitrogens with one attached hydrogen (secondary N) is 2. The fourth-order valence-corrected chi connectivity index (χ4v) is 5.87. The van der Waals surface area contributed by atoms with Crippen molar-refractivity contribution >= 4 is 16.9 Å². The van der Waals surface area contributed by atoms with Gasteiger partial charge in [-0.25, -0.2) is 4.79 Å². The number of esters is 1. The van der Waals surface area contributed by atoms with E-state index in [2.05, 4.69) is 22.8 Å². The first kappa shape index (κ1) is 27.8. The molecule has 11 heteroatoms. The van der Waals surface area contributed by atoms with Crippen LogP contribution in [-0.2, 0) is 20.7 Å². The molecule has 42 heavy (non-hydrogen) atoms. The van der Waals surface area contributed by atoms with E-state index in [4.69, 9.17) is 30.1 Å². The molecule has 6 rings (SSSR count). The Morgan fingerprint density at radius 3 is 2.74 bits per heavy atom. The molecule has 4 aliphatic heterocycles. The van der Waals surface area contributed by atoms with Gasteiger partial charge in [0, 0.05) is 30.7 Å². The number of aromatic hydroxyl groups is 1. The molecule has 0 saturated carbocycles. The summed E-state index contributed by atoms with van der Waals surface area (Å²) in [5.74, 6) is 1.26. The number of hydrogen-bond donors (Lipinski definition) is 5. The van der Waals surface area contributed by atoms with E-state index in [9.17, 15) is 14.7 Å². The normalized spacial score (nSPS) is 27.7. The van der Waals surface area contributed by atoms with E-state index in [-0.39, 0.29) is 40.7 Å². The Balaban J connectivity index is 1.13. The minimum Gasteiger partial charge on any atom is -0.507 e. The second-order valence-electron chi connectivity index (χ2n) is 12.0. The van der Waals surface area contributed by atoms with Crippen molar-refractivity contribution < 1.29 is 28.5 Å². The summed E-state index contributed by atoms with van der Waals surface area (Å²) < 4.78 is 23.7. The van der Waals surface area contributed by atoms with E-state index >= 15 is 0 Å². The Labute approximate surface area is 242 Å². The van der Waals surface area contributed by atoms with Crippen molar-refractivity contribution in [3.05, 3.63) is 80.8 Å². The van der Waals surface area contributed by atoms with Gasteiger partial charge in [0.05, 0.1) is 23.8 Å². The number of phenols is 1. The van der Waals surface area contributed by atoms with Gasteiger partial charge in [-0.1, -0.05) is 12.2 Å². The van der Waals surface area contributed by atoms with E-state index in [0.29, 0.717) is 48.1 Å². The highest BCUT2D eigenvalue weighted by molar-refractivity contribution is 5.87. The number of carbonyl (C=O) groups excluding carboxylic acids is 1. The van der Waals surface area contributed by atoms with Gasteiger partial charge in [-0.05, 0) is 63.8 Å². The van der Waals surface area contributed by atoms with Crippen molar-refractivity contribution in [2.45, 2.75) is 76.4 Å². The van der Waals surface area contributed by atoms with E-state index < -0.39 is 23.3 Å². The maximum atomic E-state index is 13.4. The topological polar surface area (TPSA) is 175 Å². The van der Waals surface area contributed by atoms with Gasteiger partial charge in [0.25, 0.3) is 0 Å². The van der Waals surface area contributed by atoms with Crippen LogP contribution >= 0.6 is 0 Å². The average molecular weight is 577 g/mol. The number of ether oxygens (including phenoxy) is 3. The first-order valence-corrected chi connectivity index (χ1v) is 14.1. The van der Waals surface area contributed by atoms with Gasteiger partial charge in [-0.2, -0.15) is 0 Å². The molecular formula is C31H36N4O7. The molecule has 11 nitrogen and oxygen atoms in total. The van der Waals surface area contributed by atoms with Gasteiger partial charge in [0.2, 0.25) is 0 Å². The third-order valence-electron chi connectivity index (χ3n) is 8.38. The summed E-state index contributed by atoms with van der Waals surface area (Å²) in [7, 11) is 0. The van der Waals surface area contributed by atoms with Crippen molar-refractivity contribution in [2.75, 3.05) is 6.54 Å². The van der Waals surface area contributed by atoms with E-state index in [0.717, 1.165) is 11.1 Å². The Morgan fingerprint density at radius 1 is 1.19 bits per heavy atom. The fourth-order valence-electron chi connectivity index (χ4n) is 5.87. The number of hydrogen-bond acceptors (Lipinski definition) is 11. The van der Waals surface area contributed by atoms with Crippen molar-refractivity contribution in [2.24, 2.45) is 11.5 Å². The third-order valence-corrected chi connectivity index (χ3v) is 8.38. The van der Waals surface area contributed by atoms with E-state index in [1.165, 1.54) is 6.07 Å². The molecule has 0 aliphatic carbocycles. The Kier molecular flexibility index (Phi) is 6.53. The first-order chi connectivity index (χ1) is 19.8. The zero-order valence-electron chi connectivity index (χ0n) is 24.1. The largest absolute Gasteiger partial charge is 0.507 e. The number of epoxide rings is 1. The van der Waals surface area contributed by atoms with Gasteiger partial charge in [0.15, 0.2) is 11.0 Å². The zero-order valence-corrected chi connectivity index (χ0v) is 24.1. The lowest BCUT2D eigenvalue weighted by Gasteiger charge is -2.39. The first-order valence-electron chi connectivity index (χ1n) is 14.1. The Morgan fingerprint density at radius 2 is 1.98 bits per heavy atom. The molecule has 0 radical (unpaired) electrons. The van der Waals surface area contributed by atoms with Crippen LogP contribution in [0.2, 0.25) is 0 Å². The van der Waals surface area contributed by atoms with Crippen LogP contribution in [0, 0.1) is 6.92 Å². The van der Waals surface area contributed by atoms with Gasteiger partial charge in [0.1, 0.15) is 39.9 Å². The zero-order chi connectivity index (χ0) is 30.0. The van der Waals surface area contributed by atoms with Gasteiger partial charge in [-0.15, -0.1) is 0 Å². The Hall–Kier alpha value is -4.38. The molecule has 0 spiro atoms. The Bertz CT molecular complexity index is 1670. The van der Waals surface area contributed by atoms with Gasteiger partial charge >= 0.3 is 5.97 Å². The van der Waals surface area contributed by atoms with Gasteiger partial charge < -0.3 is 45.8 Å². The standard InChI is InChI=1S/C31H36N4O7/c1-15-9-20(36)27-22(39-15)14-21-18(28(27)37)13-24(30(2,3)41-21)40-29(38)31(4)23(42-31)6-5-16-10-19(35-26(33)11-16)17-7-8-34-25(32)12-17/h7,9-12,14,19,23-24,34-35,37H,5-6,8,13,32-33H2,1-4H3/t19?,23-,24-,31+/m1/s1. The van der Waals surface area contributed by atoms with Crippen LogP contribution in [0.3, 0.4) is 0 Å². The molecule has 1 aromatic carbocycles. The minimum atomic E-state index is -1.10. The van der Waals surface area contributed by atoms with Crippen LogP contribution in [0.4, 0.5) is 0 Å². The lowest BCUT2D eigenvalue weighted by molar-refractivity contribution is -0.166. The molecule has 1 unspecified atom stereocenters. The highest BCUT2D eigenvalue weighted by Crippen LogP contribution is 2.45. The van der Waals surface area contributed by atoms with Crippen molar-refractivity contribution in [3.8, 4) is 11.5 Å². The monoisotopic (exact) mass is 576 g/mol. The predicted molar refractivity (Wildman–Crippen MR) is 155 cm³/mol. The number of aryl methyl sites for hydroxylation is 1. The van der Waals surface area contributed by atoms with Crippen molar-refractivity contribution in [1.82, 2.24) is 10.6 Å². The summed E-state index contributed by atoms with van der Waals surface area (Å²) in [4.78, 5) is 25.9. The SMILES string of the molecule is Cc1cc(=O)c2c(O)c3c(cc2o1)OC(C)(C)[C@H](OC(=O)[C@@]1(C)O[C@@H]1CCC1=CC(C2=CCNC(N)=C2)NC(N)=C1)C3. The summed E-state index contributed by atoms with van der Waals surface area (Å²) in [6.07, 6.45) is 8.31. The molecule has 4 atom stereocenters. The van der Waals surface area contributed by atoms with Crippen LogP contribution in [0.5, 0.6) is 11.5 Å². The summed E-state index contributed by atoms with van der Waals surface area (Å²) in [6, 6.07) is 2.84. The van der Waals surface area contributed by atoms with E-state index in [1.807, 2.05) is 26.0 Å².